The summed E-state index contributed by atoms with van der Waals surface area (Å²) in [5, 5.41) is 3.59. The van der Waals surface area contributed by atoms with Crippen LogP contribution in [0.1, 0.15) is 51.3 Å². The van der Waals surface area contributed by atoms with Crippen LogP contribution in [0.3, 0.4) is 0 Å². The second-order valence-electron chi connectivity index (χ2n) is 5.33. The van der Waals surface area contributed by atoms with Crippen LogP contribution in [0, 0.1) is 0 Å². The Bertz CT molecular complexity index is 317. The molecule has 1 N–H and O–H groups in total. The summed E-state index contributed by atoms with van der Waals surface area (Å²) in [5.74, 6) is 1.09. The fraction of sp³-hybridized carbons (Fsp3) is 0.733. The van der Waals surface area contributed by atoms with Crippen LogP contribution in [0.2, 0.25) is 0 Å². The molecule has 1 aromatic heterocycles. The molecular formula is C15H26N2O. The fourth-order valence-electron chi connectivity index (χ4n) is 2.71. The molecule has 0 saturated carbocycles. The summed E-state index contributed by atoms with van der Waals surface area (Å²) in [5.41, 5.74) is 0. The van der Waals surface area contributed by atoms with Crippen molar-refractivity contribution in [3.8, 4) is 0 Å². The molecule has 18 heavy (non-hydrogen) atoms. The Morgan fingerprint density at radius 3 is 3.06 bits per heavy atom. The molecule has 0 amide bonds. The molecular weight excluding hydrogens is 224 g/mol. The molecule has 102 valence electrons. The van der Waals surface area contributed by atoms with Crippen LogP contribution in [-0.2, 0) is 0 Å². The van der Waals surface area contributed by atoms with Gasteiger partial charge in [-0.05, 0) is 51.4 Å². The number of nitrogens with zero attached hydrogens (tertiary/aromatic N) is 1. The molecule has 2 unspecified atom stereocenters. The predicted octanol–water partition coefficient (Wildman–Crippen LogP) is 3.19. The molecule has 0 bridgehead atoms. The van der Waals surface area contributed by atoms with Crippen LogP contribution in [0.25, 0.3) is 0 Å². The first-order valence-corrected chi connectivity index (χ1v) is 7.32. The normalized spacial score (nSPS) is 21.6. The zero-order valence-corrected chi connectivity index (χ0v) is 11.7. The van der Waals surface area contributed by atoms with Gasteiger partial charge >= 0.3 is 0 Å². The highest BCUT2D eigenvalue weighted by Gasteiger charge is 2.23. The molecule has 3 heteroatoms. The lowest BCUT2D eigenvalue weighted by atomic mass is 10.1. The lowest BCUT2D eigenvalue weighted by Crippen LogP contribution is -2.39. The van der Waals surface area contributed by atoms with Gasteiger partial charge in [0.25, 0.3) is 0 Å². The van der Waals surface area contributed by atoms with Crippen molar-refractivity contribution in [1.29, 1.82) is 0 Å². The number of furan rings is 1. The molecule has 1 aromatic rings. The first kappa shape index (κ1) is 13.6. The Labute approximate surface area is 111 Å². The highest BCUT2D eigenvalue weighted by atomic mass is 16.3. The number of unbranched alkanes of at least 4 members (excludes halogenated alkanes) is 1. The van der Waals surface area contributed by atoms with Gasteiger partial charge in [-0.1, -0.05) is 13.3 Å². The van der Waals surface area contributed by atoms with Gasteiger partial charge in [0.1, 0.15) is 5.76 Å². The molecule has 0 radical (unpaired) electrons. The molecule has 1 aliphatic heterocycles. The SMILES string of the molecule is CCCCN(CC1CCCN1)C(C)c1ccco1. The summed E-state index contributed by atoms with van der Waals surface area (Å²) in [6.07, 6.45) is 6.92. The van der Waals surface area contributed by atoms with Crippen molar-refractivity contribution < 1.29 is 4.42 Å². The molecule has 2 heterocycles. The topological polar surface area (TPSA) is 28.4 Å². The van der Waals surface area contributed by atoms with E-state index < -0.39 is 0 Å². The van der Waals surface area contributed by atoms with E-state index in [4.69, 9.17) is 4.42 Å². The van der Waals surface area contributed by atoms with Crippen molar-refractivity contribution in [2.75, 3.05) is 19.6 Å². The van der Waals surface area contributed by atoms with Gasteiger partial charge in [0.05, 0.1) is 12.3 Å². The first-order valence-electron chi connectivity index (χ1n) is 7.32. The van der Waals surface area contributed by atoms with Crippen LogP contribution < -0.4 is 5.32 Å². The average molecular weight is 250 g/mol. The minimum absolute atomic E-state index is 0.383. The lowest BCUT2D eigenvalue weighted by molar-refractivity contribution is 0.170. The Morgan fingerprint density at radius 1 is 1.56 bits per heavy atom. The monoisotopic (exact) mass is 250 g/mol. The van der Waals surface area contributed by atoms with E-state index in [1.807, 2.05) is 6.07 Å². The summed E-state index contributed by atoms with van der Waals surface area (Å²) < 4.78 is 5.56. The van der Waals surface area contributed by atoms with E-state index in [9.17, 15) is 0 Å². The van der Waals surface area contributed by atoms with Gasteiger partial charge in [0.15, 0.2) is 0 Å². The molecule has 0 aliphatic carbocycles. The molecule has 3 nitrogen and oxygen atoms in total. The van der Waals surface area contributed by atoms with Crippen molar-refractivity contribution in [1.82, 2.24) is 10.2 Å². The summed E-state index contributed by atoms with van der Waals surface area (Å²) in [6.45, 7) is 7.99. The van der Waals surface area contributed by atoms with Gasteiger partial charge < -0.3 is 9.73 Å². The zero-order valence-electron chi connectivity index (χ0n) is 11.7. The molecule has 0 spiro atoms. The number of hydrogen-bond acceptors (Lipinski definition) is 3. The fourth-order valence-corrected chi connectivity index (χ4v) is 2.71. The first-order chi connectivity index (χ1) is 8.81. The van der Waals surface area contributed by atoms with Gasteiger partial charge in [-0.3, -0.25) is 4.90 Å². The Morgan fingerprint density at radius 2 is 2.44 bits per heavy atom. The van der Waals surface area contributed by atoms with Crippen molar-refractivity contribution in [3.05, 3.63) is 24.2 Å². The van der Waals surface area contributed by atoms with E-state index in [0.717, 1.165) is 18.8 Å². The van der Waals surface area contributed by atoms with Gasteiger partial charge in [0.2, 0.25) is 0 Å². The Kier molecular flexibility index (Phi) is 5.26. The smallest absolute Gasteiger partial charge is 0.120 e. The van der Waals surface area contributed by atoms with E-state index in [-0.39, 0.29) is 0 Å². The largest absolute Gasteiger partial charge is 0.468 e. The van der Waals surface area contributed by atoms with Crippen LogP contribution in [-0.4, -0.2) is 30.6 Å². The third kappa shape index (κ3) is 3.59. The molecule has 2 atom stereocenters. The van der Waals surface area contributed by atoms with Crippen LogP contribution >= 0.6 is 0 Å². The van der Waals surface area contributed by atoms with Crippen molar-refractivity contribution in [2.45, 2.75) is 51.6 Å². The third-order valence-corrected chi connectivity index (χ3v) is 3.92. The zero-order chi connectivity index (χ0) is 12.8. The van der Waals surface area contributed by atoms with E-state index in [1.165, 1.54) is 32.2 Å². The second kappa shape index (κ2) is 6.95. The molecule has 1 saturated heterocycles. The predicted molar refractivity (Wildman–Crippen MR) is 74.6 cm³/mol. The molecule has 0 aromatic carbocycles. The molecule has 2 rings (SSSR count). The number of rotatable bonds is 7. The highest BCUT2D eigenvalue weighted by Crippen LogP contribution is 2.22. The minimum Gasteiger partial charge on any atom is -0.468 e. The van der Waals surface area contributed by atoms with E-state index in [1.54, 1.807) is 6.26 Å². The van der Waals surface area contributed by atoms with E-state index in [0.29, 0.717) is 12.1 Å². The van der Waals surface area contributed by atoms with Gasteiger partial charge in [-0.2, -0.15) is 0 Å². The summed E-state index contributed by atoms with van der Waals surface area (Å²) in [4.78, 5) is 2.56. The summed E-state index contributed by atoms with van der Waals surface area (Å²) in [6, 6.07) is 5.12. The maximum atomic E-state index is 5.56. The quantitative estimate of drug-likeness (QED) is 0.805. The summed E-state index contributed by atoms with van der Waals surface area (Å²) in [7, 11) is 0. The van der Waals surface area contributed by atoms with Crippen LogP contribution in [0.15, 0.2) is 22.8 Å². The molecule has 1 fully saturated rings. The Hall–Kier alpha value is -0.800. The minimum atomic E-state index is 0.383. The highest BCUT2D eigenvalue weighted by molar-refractivity contribution is 5.03. The van der Waals surface area contributed by atoms with Crippen molar-refractivity contribution in [3.63, 3.8) is 0 Å². The van der Waals surface area contributed by atoms with E-state index in [2.05, 4.69) is 30.1 Å². The van der Waals surface area contributed by atoms with Crippen LogP contribution in [0.4, 0.5) is 0 Å². The van der Waals surface area contributed by atoms with Gasteiger partial charge in [-0.15, -0.1) is 0 Å². The molecule has 1 aliphatic rings. The second-order valence-corrected chi connectivity index (χ2v) is 5.33. The Balaban J connectivity index is 1.94. The standard InChI is InChI=1S/C15H26N2O/c1-3-4-10-17(12-14-7-5-9-16-14)13(2)15-8-6-11-18-15/h6,8,11,13-14,16H,3-5,7,9-10,12H2,1-2H3. The van der Waals surface area contributed by atoms with Gasteiger partial charge in [-0.25, -0.2) is 0 Å². The number of hydrogen-bond donors (Lipinski definition) is 1. The maximum absolute atomic E-state index is 5.56. The van der Waals surface area contributed by atoms with Crippen molar-refractivity contribution in [2.24, 2.45) is 0 Å². The third-order valence-electron chi connectivity index (χ3n) is 3.92. The van der Waals surface area contributed by atoms with Crippen molar-refractivity contribution >= 4 is 0 Å². The van der Waals surface area contributed by atoms with Gasteiger partial charge in [0, 0.05) is 12.6 Å². The summed E-state index contributed by atoms with van der Waals surface area (Å²) >= 11 is 0. The van der Waals surface area contributed by atoms with E-state index >= 15 is 0 Å². The van der Waals surface area contributed by atoms with Crippen LogP contribution in [0.5, 0.6) is 0 Å². The average Bonchev–Trinajstić information content (AvgIpc) is 3.06. The maximum Gasteiger partial charge on any atom is 0.120 e. The lowest BCUT2D eigenvalue weighted by Gasteiger charge is -2.30. The number of nitrogens with one attached hydrogen (secondary N) is 1.